The van der Waals surface area contributed by atoms with Crippen molar-refractivity contribution in [3.8, 4) is 0 Å². The number of unbranched alkanes of at least 4 members (excludes halogenated alkanes) is 5. The Morgan fingerprint density at radius 2 is 1.39 bits per heavy atom. The summed E-state index contributed by atoms with van der Waals surface area (Å²) in [5.41, 5.74) is 1.45. The smallest absolute Gasteiger partial charge is 0.106 e. The normalized spacial score (nSPS) is 11.5. The van der Waals surface area contributed by atoms with E-state index in [1.165, 1.54) is 95.2 Å². The van der Waals surface area contributed by atoms with Crippen LogP contribution in [0.3, 0.4) is 0 Å². The Morgan fingerprint density at radius 1 is 0.739 bits per heavy atom. The first-order valence-corrected chi connectivity index (χ1v) is 10.1. The van der Waals surface area contributed by atoms with Crippen LogP contribution in [-0.2, 0) is 12.8 Å². The number of nitrogens with zero attached hydrogens (tertiary/aromatic N) is 1. The van der Waals surface area contributed by atoms with Gasteiger partial charge < -0.3 is 9.32 Å². The SMILES string of the molecule is CCCCc1occc1CCCCCN(CCCC)CCCC. The Kier molecular flexibility index (Phi) is 12.0. The fourth-order valence-corrected chi connectivity index (χ4v) is 3.07. The molecule has 0 bridgehead atoms. The molecule has 0 aliphatic rings. The van der Waals surface area contributed by atoms with Gasteiger partial charge in [-0.05, 0) is 69.8 Å². The maximum Gasteiger partial charge on any atom is 0.106 e. The van der Waals surface area contributed by atoms with Gasteiger partial charge in [0.25, 0.3) is 0 Å². The Hall–Kier alpha value is -0.760. The van der Waals surface area contributed by atoms with Gasteiger partial charge in [0.15, 0.2) is 0 Å². The van der Waals surface area contributed by atoms with Crippen molar-refractivity contribution in [1.29, 1.82) is 0 Å². The van der Waals surface area contributed by atoms with E-state index >= 15 is 0 Å². The number of hydrogen-bond donors (Lipinski definition) is 0. The third-order valence-corrected chi connectivity index (χ3v) is 4.67. The third-order valence-electron chi connectivity index (χ3n) is 4.67. The van der Waals surface area contributed by atoms with Gasteiger partial charge in [-0.3, -0.25) is 0 Å². The van der Waals surface area contributed by atoms with Crippen LogP contribution in [0, 0.1) is 0 Å². The summed E-state index contributed by atoms with van der Waals surface area (Å²) in [6.07, 6.45) is 16.0. The molecule has 0 fully saturated rings. The summed E-state index contributed by atoms with van der Waals surface area (Å²) in [6, 6.07) is 2.18. The maximum absolute atomic E-state index is 5.64. The number of rotatable bonds is 15. The molecule has 1 aromatic heterocycles. The van der Waals surface area contributed by atoms with Crippen molar-refractivity contribution < 1.29 is 4.42 Å². The highest BCUT2D eigenvalue weighted by Crippen LogP contribution is 2.17. The molecule has 23 heavy (non-hydrogen) atoms. The molecule has 0 radical (unpaired) electrons. The van der Waals surface area contributed by atoms with Crippen LogP contribution in [-0.4, -0.2) is 24.5 Å². The zero-order valence-electron chi connectivity index (χ0n) is 15.9. The Labute approximate surface area is 144 Å². The van der Waals surface area contributed by atoms with Crippen molar-refractivity contribution in [3.05, 3.63) is 23.7 Å². The van der Waals surface area contributed by atoms with Crippen molar-refractivity contribution >= 4 is 0 Å². The average molecular weight is 322 g/mol. The molecule has 1 heterocycles. The zero-order valence-corrected chi connectivity index (χ0v) is 15.9. The van der Waals surface area contributed by atoms with Crippen LogP contribution in [0.15, 0.2) is 16.7 Å². The monoisotopic (exact) mass is 321 g/mol. The summed E-state index contributed by atoms with van der Waals surface area (Å²) >= 11 is 0. The van der Waals surface area contributed by atoms with Crippen molar-refractivity contribution in [3.63, 3.8) is 0 Å². The summed E-state index contributed by atoms with van der Waals surface area (Å²) in [6.45, 7) is 10.7. The minimum atomic E-state index is 1.11. The molecule has 1 rings (SSSR count). The molecule has 1 aromatic rings. The molecule has 134 valence electrons. The second kappa shape index (κ2) is 13.7. The molecular formula is C21H39NO. The van der Waals surface area contributed by atoms with Crippen LogP contribution < -0.4 is 0 Å². The molecule has 0 aromatic carbocycles. The summed E-state index contributed by atoms with van der Waals surface area (Å²) in [5, 5.41) is 0. The lowest BCUT2D eigenvalue weighted by molar-refractivity contribution is 0.259. The van der Waals surface area contributed by atoms with Gasteiger partial charge in [-0.15, -0.1) is 0 Å². The van der Waals surface area contributed by atoms with Gasteiger partial charge in [0.1, 0.15) is 5.76 Å². The minimum Gasteiger partial charge on any atom is -0.469 e. The third kappa shape index (κ3) is 9.20. The van der Waals surface area contributed by atoms with E-state index in [-0.39, 0.29) is 0 Å². The highest BCUT2D eigenvalue weighted by molar-refractivity contribution is 5.17. The number of hydrogen-bond acceptors (Lipinski definition) is 2. The molecule has 2 heteroatoms. The van der Waals surface area contributed by atoms with Crippen LogP contribution in [0.5, 0.6) is 0 Å². The molecule has 0 atom stereocenters. The Morgan fingerprint density at radius 3 is 2.04 bits per heavy atom. The molecular weight excluding hydrogens is 282 g/mol. The number of aryl methyl sites for hydroxylation is 2. The van der Waals surface area contributed by atoms with E-state index in [2.05, 4.69) is 31.7 Å². The fraction of sp³-hybridized carbons (Fsp3) is 0.810. The van der Waals surface area contributed by atoms with Crippen molar-refractivity contribution in [2.45, 2.75) is 91.4 Å². The predicted octanol–water partition coefficient (Wildman–Crippen LogP) is 6.24. The van der Waals surface area contributed by atoms with Crippen LogP contribution in [0.4, 0.5) is 0 Å². The van der Waals surface area contributed by atoms with Gasteiger partial charge in [-0.2, -0.15) is 0 Å². The van der Waals surface area contributed by atoms with E-state index in [1.54, 1.807) is 0 Å². The maximum atomic E-state index is 5.64. The van der Waals surface area contributed by atoms with Crippen LogP contribution in [0.2, 0.25) is 0 Å². The van der Waals surface area contributed by atoms with Crippen LogP contribution >= 0.6 is 0 Å². The Bertz CT molecular complexity index is 364. The highest BCUT2D eigenvalue weighted by Gasteiger charge is 2.07. The fourth-order valence-electron chi connectivity index (χ4n) is 3.07. The van der Waals surface area contributed by atoms with E-state index in [9.17, 15) is 0 Å². The van der Waals surface area contributed by atoms with Gasteiger partial charge in [0.2, 0.25) is 0 Å². The van der Waals surface area contributed by atoms with Gasteiger partial charge in [-0.1, -0.05) is 46.5 Å². The lowest BCUT2D eigenvalue weighted by Gasteiger charge is -2.21. The second-order valence-corrected chi connectivity index (χ2v) is 6.83. The quantitative estimate of drug-likeness (QED) is 0.356. The summed E-state index contributed by atoms with van der Waals surface area (Å²) in [7, 11) is 0. The summed E-state index contributed by atoms with van der Waals surface area (Å²) in [5.74, 6) is 1.24. The minimum absolute atomic E-state index is 1.11. The molecule has 0 unspecified atom stereocenters. The molecule has 0 N–H and O–H groups in total. The van der Waals surface area contributed by atoms with Gasteiger partial charge in [0, 0.05) is 6.42 Å². The van der Waals surface area contributed by atoms with Crippen molar-refractivity contribution in [2.75, 3.05) is 19.6 Å². The van der Waals surface area contributed by atoms with Crippen LogP contribution in [0.1, 0.15) is 89.9 Å². The van der Waals surface area contributed by atoms with Crippen molar-refractivity contribution in [2.24, 2.45) is 0 Å². The Balaban J connectivity index is 2.18. The summed E-state index contributed by atoms with van der Waals surface area (Å²) in [4.78, 5) is 2.68. The standard InChI is InChI=1S/C21H39NO/c1-4-7-14-21-20(15-19-23-21)13-11-10-12-18-22(16-8-5-2)17-9-6-3/h15,19H,4-14,16-18H2,1-3H3. The first-order chi connectivity index (χ1) is 11.3. The lowest BCUT2D eigenvalue weighted by atomic mass is 10.0. The molecule has 0 amide bonds. The van der Waals surface area contributed by atoms with E-state index in [4.69, 9.17) is 4.42 Å². The van der Waals surface area contributed by atoms with E-state index in [1.807, 2.05) is 6.26 Å². The zero-order chi connectivity index (χ0) is 16.8. The average Bonchev–Trinajstić information content (AvgIpc) is 3.01. The lowest BCUT2D eigenvalue weighted by Crippen LogP contribution is -2.27. The first-order valence-electron chi connectivity index (χ1n) is 10.1. The largest absolute Gasteiger partial charge is 0.469 e. The second-order valence-electron chi connectivity index (χ2n) is 6.83. The van der Waals surface area contributed by atoms with E-state index in [0.717, 1.165) is 6.42 Å². The molecule has 0 saturated heterocycles. The molecule has 0 saturated carbocycles. The topological polar surface area (TPSA) is 16.4 Å². The predicted molar refractivity (Wildman–Crippen MR) is 101 cm³/mol. The van der Waals surface area contributed by atoms with Crippen LogP contribution in [0.25, 0.3) is 0 Å². The van der Waals surface area contributed by atoms with Gasteiger partial charge >= 0.3 is 0 Å². The molecule has 0 spiro atoms. The molecule has 0 aliphatic carbocycles. The van der Waals surface area contributed by atoms with Crippen molar-refractivity contribution in [1.82, 2.24) is 4.90 Å². The summed E-state index contributed by atoms with van der Waals surface area (Å²) < 4.78 is 5.64. The first kappa shape index (κ1) is 20.3. The molecule has 0 aliphatic heterocycles. The molecule has 2 nitrogen and oxygen atoms in total. The van der Waals surface area contributed by atoms with Gasteiger partial charge in [-0.25, -0.2) is 0 Å². The highest BCUT2D eigenvalue weighted by atomic mass is 16.3. The van der Waals surface area contributed by atoms with Gasteiger partial charge in [0.05, 0.1) is 6.26 Å². The number of furan rings is 1. The van der Waals surface area contributed by atoms with E-state index < -0.39 is 0 Å². The van der Waals surface area contributed by atoms with E-state index in [0.29, 0.717) is 0 Å².